The number of rotatable bonds is 4. The van der Waals surface area contributed by atoms with Crippen LogP contribution >= 0.6 is 0 Å². The molecule has 128 valence electrons. The van der Waals surface area contributed by atoms with E-state index in [1.807, 2.05) is 0 Å². The fourth-order valence-electron chi connectivity index (χ4n) is 3.67. The van der Waals surface area contributed by atoms with Gasteiger partial charge in [-0.15, -0.1) is 0 Å². The predicted octanol–water partition coefficient (Wildman–Crippen LogP) is 3.64. The van der Waals surface area contributed by atoms with Crippen LogP contribution in [0.2, 0.25) is 19.1 Å². The van der Waals surface area contributed by atoms with Gasteiger partial charge in [0.05, 0.1) is 21.3 Å². The molecule has 0 saturated heterocycles. The van der Waals surface area contributed by atoms with Crippen molar-refractivity contribution in [3.05, 3.63) is 22.9 Å². The van der Waals surface area contributed by atoms with Gasteiger partial charge in [-0.25, -0.2) is 0 Å². The number of esters is 2. The van der Waals surface area contributed by atoms with Gasteiger partial charge in [-0.3, -0.25) is 9.59 Å². The molecular weight excluding hydrogens is 308 g/mol. The van der Waals surface area contributed by atoms with Crippen LogP contribution in [0.15, 0.2) is 22.9 Å². The molecular formula is C18H28O4Si. The molecule has 0 aromatic heterocycles. The van der Waals surface area contributed by atoms with Crippen molar-refractivity contribution in [2.24, 2.45) is 11.3 Å². The number of hydrogen-bond donors (Lipinski definition) is 0. The molecule has 0 N–H and O–H groups in total. The first-order valence-electron chi connectivity index (χ1n) is 8.49. The molecule has 1 saturated carbocycles. The van der Waals surface area contributed by atoms with Gasteiger partial charge in [0.1, 0.15) is 0 Å². The van der Waals surface area contributed by atoms with E-state index in [9.17, 15) is 9.59 Å². The van der Waals surface area contributed by atoms with Crippen molar-refractivity contribution in [2.75, 3.05) is 13.2 Å². The van der Waals surface area contributed by atoms with Crippen LogP contribution in [0.1, 0.15) is 33.6 Å². The van der Waals surface area contributed by atoms with E-state index in [1.165, 1.54) is 10.8 Å². The van der Waals surface area contributed by atoms with Gasteiger partial charge >= 0.3 is 11.9 Å². The van der Waals surface area contributed by atoms with Crippen LogP contribution in [-0.4, -0.2) is 33.2 Å². The molecule has 1 atom stereocenters. The van der Waals surface area contributed by atoms with Crippen molar-refractivity contribution < 1.29 is 19.1 Å². The molecule has 2 aliphatic rings. The molecule has 0 amide bonds. The topological polar surface area (TPSA) is 52.6 Å². The molecule has 0 bridgehead atoms. The molecule has 1 fully saturated rings. The summed E-state index contributed by atoms with van der Waals surface area (Å²) in [4.78, 5) is 25.2. The lowest BCUT2D eigenvalue weighted by atomic mass is 9.85. The highest BCUT2D eigenvalue weighted by molar-refractivity contribution is 6.84. The average molecular weight is 337 g/mol. The number of ether oxygens (including phenoxy) is 2. The Hall–Kier alpha value is -1.36. The van der Waals surface area contributed by atoms with Crippen LogP contribution in [-0.2, 0) is 19.1 Å². The standard InChI is InChI=1S/C18H28O4Si/c1-6-21-16(19)18(17(20)22-7-2)11-14-9-8-10-23(4,5)13(3)15(14)12-18/h8-9,14H,6-7,10-12H2,1-5H3. The summed E-state index contributed by atoms with van der Waals surface area (Å²) in [6, 6.07) is 1.12. The normalized spacial score (nSPS) is 24.8. The quantitative estimate of drug-likeness (QED) is 0.340. The minimum Gasteiger partial charge on any atom is -0.465 e. The summed E-state index contributed by atoms with van der Waals surface area (Å²) in [5.74, 6) is -0.711. The Morgan fingerprint density at radius 1 is 1.22 bits per heavy atom. The van der Waals surface area contributed by atoms with Crippen molar-refractivity contribution in [3.8, 4) is 0 Å². The van der Waals surface area contributed by atoms with E-state index >= 15 is 0 Å². The Balaban J connectivity index is 2.46. The van der Waals surface area contributed by atoms with E-state index in [-0.39, 0.29) is 19.1 Å². The first kappa shape index (κ1) is 18.0. The first-order chi connectivity index (χ1) is 10.8. The number of carbonyl (C=O) groups is 2. The van der Waals surface area contributed by atoms with E-state index in [0.717, 1.165) is 6.04 Å². The monoisotopic (exact) mass is 336 g/mol. The Labute approximate surface area is 139 Å². The molecule has 0 radical (unpaired) electrons. The maximum absolute atomic E-state index is 12.6. The van der Waals surface area contributed by atoms with Crippen LogP contribution in [0, 0.1) is 11.3 Å². The molecule has 0 aromatic rings. The predicted molar refractivity (Wildman–Crippen MR) is 92.6 cm³/mol. The molecule has 1 heterocycles. The summed E-state index contributed by atoms with van der Waals surface area (Å²) in [5, 5.41) is 1.42. The summed E-state index contributed by atoms with van der Waals surface area (Å²) in [5.41, 5.74) is 0.0934. The minimum absolute atomic E-state index is 0.151. The summed E-state index contributed by atoms with van der Waals surface area (Å²) < 4.78 is 10.5. The molecule has 0 spiro atoms. The Bertz CT molecular complexity index is 541. The second kappa shape index (κ2) is 6.63. The molecule has 23 heavy (non-hydrogen) atoms. The molecule has 1 aliphatic heterocycles. The second-order valence-electron chi connectivity index (χ2n) is 7.18. The third kappa shape index (κ3) is 3.16. The highest BCUT2D eigenvalue weighted by Gasteiger charge is 2.56. The zero-order valence-electron chi connectivity index (χ0n) is 14.9. The first-order valence-corrected chi connectivity index (χ1v) is 11.7. The Morgan fingerprint density at radius 3 is 2.30 bits per heavy atom. The van der Waals surface area contributed by atoms with Gasteiger partial charge in [-0.1, -0.05) is 36.0 Å². The highest BCUT2D eigenvalue weighted by Crippen LogP contribution is 2.51. The van der Waals surface area contributed by atoms with E-state index in [2.05, 4.69) is 32.2 Å². The van der Waals surface area contributed by atoms with Gasteiger partial charge in [0.2, 0.25) is 0 Å². The SMILES string of the molecule is CCOC(=O)C1(C(=O)OCC)CC2=C(C)[Si](C)(C)CC=CC2C1. The van der Waals surface area contributed by atoms with Crippen LogP contribution in [0.3, 0.4) is 0 Å². The minimum atomic E-state index is -1.51. The smallest absolute Gasteiger partial charge is 0.323 e. The fourth-order valence-corrected chi connectivity index (χ4v) is 5.84. The van der Waals surface area contributed by atoms with E-state index in [0.29, 0.717) is 12.8 Å². The van der Waals surface area contributed by atoms with Gasteiger partial charge in [0, 0.05) is 0 Å². The summed E-state index contributed by atoms with van der Waals surface area (Å²) in [6.45, 7) is 11.0. The third-order valence-corrected chi connectivity index (χ3v) is 8.94. The van der Waals surface area contributed by atoms with E-state index in [1.54, 1.807) is 13.8 Å². The average Bonchev–Trinajstić information content (AvgIpc) is 2.83. The number of allylic oxidation sites excluding steroid dienone is 4. The second-order valence-corrected chi connectivity index (χ2v) is 12.1. The van der Waals surface area contributed by atoms with Crippen LogP contribution in [0.4, 0.5) is 0 Å². The molecule has 1 unspecified atom stereocenters. The third-order valence-electron chi connectivity index (χ3n) is 5.33. The molecule has 1 aliphatic carbocycles. The number of carbonyl (C=O) groups excluding carboxylic acids is 2. The zero-order valence-corrected chi connectivity index (χ0v) is 15.9. The maximum Gasteiger partial charge on any atom is 0.323 e. The van der Waals surface area contributed by atoms with Crippen molar-refractivity contribution in [2.45, 2.75) is 52.8 Å². The fraction of sp³-hybridized carbons (Fsp3) is 0.667. The van der Waals surface area contributed by atoms with Gasteiger partial charge in [0.25, 0.3) is 0 Å². The van der Waals surface area contributed by atoms with Gasteiger partial charge in [-0.05, 0) is 45.6 Å². The molecule has 0 aromatic carbocycles. The van der Waals surface area contributed by atoms with Gasteiger partial charge in [-0.2, -0.15) is 0 Å². The Kier molecular flexibility index (Phi) is 5.19. The molecule has 2 rings (SSSR count). The van der Waals surface area contributed by atoms with Crippen molar-refractivity contribution in [1.29, 1.82) is 0 Å². The largest absolute Gasteiger partial charge is 0.465 e. The molecule has 5 heteroatoms. The maximum atomic E-state index is 12.6. The number of hydrogen-bond acceptors (Lipinski definition) is 4. The number of fused-ring (bicyclic) bond motifs is 1. The van der Waals surface area contributed by atoms with Crippen LogP contribution in [0.25, 0.3) is 0 Å². The van der Waals surface area contributed by atoms with Crippen LogP contribution in [0.5, 0.6) is 0 Å². The van der Waals surface area contributed by atoms with Gasteiger partial charge < -0.3 is 9.47 Å². The Morgan fingerprint density at radius 2 is 1.78 bits per heavy atom. The van der Waals surface area contributed by atoms with E-state index in [4.69, 9.17) is 9.47 Å². The van der Waals surface area contributed by atoms with Crippen LogP contribution < -0.4 is 0 Å². The highest BCUT2D eigenvalue weighted by atomic mass is 28.3. The van der Waals surface area contributed by atoms with Gasteiger partial charge in [0.15, 0.2) is 5.41 Å². The van der Waals surface area contributed by atoms with E-state index < -0.39 is 25.4 Å². The lowest BCUT2D eigenvalue weighted by Crippen LogP contribution is -2.40. The lowest BCUT2D eigenvalue weighted by molar-refractivity contribution is -0.171. The summed E-state index contributed by atoms with van der Waals surface area (Å²) in [6.07, 6.45) is 5.33. The lowest BCUT2D eigenvalue weighted by Gasteiger charge is -2.26. The summed E-state index contributed by atoms with van der Waals surface area (Å²) >= 11 is 0. The summed E-state index contributed by atoms with van der Waals surface area (Å²) in [7, 11) is -1.51. The van der Waals surface area contributed by atoms with Crippen molar-refractivity contribution in [1.82, 2.24) is 0 Å². The van der Waals surface area contributed by atoms with Crippen molar-refractivity contribution >= 4 is 20.0 Å². The molecule has 4 nitrogen and oxygen atoms in total. The van der Waals surface area contributed by atoms with Crippen molar-refractivity contribution in [3.63, 3.8) is 0 Å². The zero-order chi connectivity index (χ0) is 17.3.